The van der Waals surface area contributed by atoms with Gasteiger partial charge in [0.05, 0.1) is 0 Å². The van der Waals surface area contributed by atoms with Gasteiger partial charge >= 0.3 is 0 Å². The van der Waals surface area contributed by atoms with Gasteiger partial charge in [-0.25, -0.2) is 0 Å². The average molecular weight is 612 g/mol. The van der Waals surface area contributed by atoms with Crippen LogP contribution in [0.5, 0.6) is 0 Å². The molecule has 0 aliphatic rings. The number of nitrogens with zero attached hydrogens (tertiary/aromatic N) is 2. The number of rotatable bonds is 3. The van der Waals surface area contributed by atoms with Crippen molar-refractivity contribution in [2.45, 2.75) is 6.85 Å². The summed E-state index contributed by atoms with van der Waals surface area (Å²) in [7, 11) is 0. The zero-order valence-corrected chi connectivity index (χ0v) is 19.9. The molecule has 3 aromatic carbocycles. The maximum absolute atomic E-state index is 13.4. The Bertz CT molecular complexity index is 1300. The summed E-state index contributed by atoms with van der Waals surface area (Å²) in [5, 5.41) is 0. The molecule has 2 nitrogen and oxygen atoms in total. The van der Waals surface area contributed by atoms with Gasteiger partial charge in [0.25, 0.3) is 0 Å². The number of aromatic nitrogens is 2. The normalized spacial score (nSPS) is 11.6. The Morgan fingerprint density at radius 1 is 0.697 bits per heavy atom. The third-order valence-electron chi connectivity index (χ3n) is 4.68. The van der Waals surface area contributed by atoms with E-state index >= 15 is 0 Å². The largest absolute Gasteiger partial charge is 0.304 e. The van der Waals surface area contributed by atoms with Gasteiger partial charge in [-0.1, -0.05) is 60.2 Å². The first-order chi connectivity index (χ1) is 16.9. The van der Waals surface area contributed by atoms with Gasteiger partial charge in [0.15, 0.2) is 0 Å². The molecule has 5 aromatic rings. The van der Waals surface area contributed by atoms with E-state index in [4.69, 9.17) is 4.11 Å². The molecule has 0 atom stereocenters. The van der Waals surface area contributed by atoms with Crippen LogP contribution < -0.4 is 0 Å². The molecule has 165 valence electrons. The number of aryl methyl sites for hydroxylation is 1. The number of pyridine rings is 2. The molecule has 33 heavy (non-hydrogen) atoms. The van der Waals surface area contributed by atoms with Crippen LogP contribution >= 0.6 is 0 Å². The van der Waals surface area contributed by atoms with Crippen LogP contribution in [0, 0.1) is 24.8 Å². The first-order valence-corrected chi connectivity index (χ1v) is 10.0. The molecule has 0 spiro atoms. The maximum Gasteiger partial charge on any atom is 0.0380 e. The fourth-order valence-electron chi connectivity index (χ4n) is 3.06. The van der Waals surface area contributed by atoms with E-state index in [2.05, 4.69) is 40.3 Å². The molecule has 0 amide bonds. The third kappa shape index (κ3) is 6.52. The molecule has 0 bridgehead atoms. The Morgan fingerprint density at radius 2 is 1.45 bits per heavy atom. The van der Waals surface area contributed by atoms with Gasteiger partial charge in [-0.2, -0.15) is 0 Å². The minimum Gasteiger partial charge on any atom is -0.304 e. The third-order valence-corrected chi connectivity index (χ3v) is 4.68. The van der Waals surface area contributed by atoms with Crippen LogP contribution in [-0.4, -0.2) is 9.97 Å². The van der Waals surface area contributed by atoms with Crippen molar-refractivity contribution in [2.75, 3.05) is 0 Å². The average Bonchev–Trinajstić information content (AvgIpc) is 2.90. The van der Waals surface area contributed by atoms with Crippen molar-refractivity contribution in [3.05, 3.63) is 133 Å². The van der Waals surface area contributed by atoms with Crippen LogP contribution in [0.1, 0.15) is 9.68 Å². The van der Waals surface area contributed by atoms with Gasteiger partial charge in [-0.15, -0.1) is 60.2 Å². The standard InChI is InChI=1S/C17H12N.C12H9FN.Ir/c1-3-7-14(8-4-1)16-11-12-17(18-13-16)15-9-5-2-6-10-15;1-9-6-7-12(14-8-9)10-4-2-3-5-11(10)13;/h1-9,11-13H;2-3,5-8H,1H3;/q2*-1;/i;1D3;. The topological polar surface area (TPSA) is 25.8 Å². The molecule has 0 fully saturated rings. The van der Waals surface area contributed by atoms with E-state index in [0.29, 0.717) is 5.69 Å². The minimum absolute atomic E-state index is 0. The van der Waals surface area contributed by atoms with Gasteiger partial charge in [0, 0.05) is 42.4 Å². The van der Waals surface area contributed by atoms with E-state index in [-0.39, 0.29) is 31.2 Å². The smallest absolute Gasteiger partial charge is 0.0380 e. The molecule has 5 rings (SSSR count). The van der Waals surface area contributed by atoms with E-state index in [1.807, 2.05) is 54.7 Å². The molecule has 0 aliphatic carbocycles. The summed E-state index contributed by atoms with van der Waals surface area (Å²) >= 11 is 0. The summed E-state index contributed by atoms with van der Waals surface area (Å²) in [5.41, 5.74) is 5.05. The zero-order valence-electron chi connectivity index (χ0n) is 20.5. The fourth-order valence-corrected chi connectivity index (χ4v) is 3.06. The van der Waals surface area contributed by atoms with Crippen molar-refractivity contribution in [3.63, 3.8) is 0 Å². The predicted molar refractivity (Wildman–Crippen MR) is 127 cm³/mol. The Kier molecular flexibility index (Phi) is 7.31. The first-order valence-electron chi connectivity index (χ1n) is 11.5. The van der Waals surface area contributed by atoms with Crippen molar-refractivity contribution >= 4 is 0 Å². The Balaban J connectivity index is 0.000000196. The van der Waals surface area contributed by atoms with Crippen molar-refractivity contribution in [2.24, 2.45) is 0 Å². The predicted octanol–water partition coefficient (Wildman–Crippen LogP) is 7.21. The molecule has 0 aliphatic heterocycles. The number of hydrogen-bond acceptors (Lipinski definition) is 2. The quantitative estimate of drug-likeness (QED) is 0.202. The van der Waals surface area contributed by atoms with Crippen molar-refractivity contribution in [1.82, 2.24) is 9.97 Å². The van der Waals surface area contributed by atoms with E-state index in [0.717, 1.165) is 16.8 Å². The summed E-state index contributed by atoms with van der Waals surface area (Å²) in [6, 6.07) is 35.5. The number of benzene rings is 3. The van der Waals surface area contributed by atoms with Crippen LogP contribution in [0.15, 0.2) is 109 Å². The van der Waals surface area contributed by atoms with Crippen LogP contribution in [0.2, 0.25) is 0 Å². The fraction of sp³-hybridized carbons (Fsp3) is 0.0345. The Hall–Kier alpha value is -3.46. The van der Waals surface area contributed by atoms with E-state index in [1.54, 1.807) is 6.07 Å². The minimum atomic E-state index is -2.19. The summed E-state index contributed by atoms with van der Waals surface area (Å²) in [4.78, 5) is 8.44. The second kappa shape index (κ2) is 12.0. The van der Waals surface area contributed by atoms with E-state index in [1.165, 1.54) is 36.0 Å². The summed E-state index contributed by atoms with van der Waals surface area (Å²) in [5.74, 6) is -0.429. The summed E-state index contributed by atoms with van der Waals surface area (Å²) in [6.45, 7) is -2.19. The molecular weight excluding hydrogens is 588 g/mol. The Labute approximate surface area is 211 Å². The summed E-state index contributed by atoms with van der Waals surface area (Å²) < 4.78 is 35.0. The SMILES string of the molecule is [2H]C([2H])([2H])c1ccc(-c2[c-]cccc2F)nc1.[Ir].[c-]1ccccc1-c1ccc(-c2ccccc2)cn1. The molecule has 0 N–H and O–H groups in total. The molecule has 2 heterocycles. The van der Waals surface area contributed by atoms with Crippen LogP contribution in [-0.2, 0) is 20.1 Å². The molecule has 0 saturated heterocycles. The first kappa shape index (κ1) is 20.2. The second-order valence-electron chi connectivity index (χ2n) is 6.90. The van der Waals surface area contributed by atoms with Gasteiger partial charge < -0.3 is 9.97 Å². The molecule has 4 heteroatoms. The van der Waals surface area contributed by atoms with Crippen LogP contribution in [0.3, 0.4) is 0 Å². The van der Waals surface area contributed by atoms with Crippen LogP contribution in [0.25, 0.3) is 33.6 Å². The zero-order chi connectivity index (χ0) is 24.7. The van der Waals surface area contributed by atoms with Gasteiger partial charge in [-0.3, -0.25) is 4.39 Å². The van der Waals surface area contributed by atoms with E-state index in [9.17, 15) is 4.39 Å². The van der Waals surface area contributed by atoms with Crippen molar-refractivity contribution in [1.29, 1.82) is 0 Å². The number of hydrogen-bond donors (Lipinski definition) is 0. The van der Waals surface area contributed by atoms with Gasteiger partial charge in [-0.05, 0) is 34.9 Å². The summed E-state index contributed by atoms with van der Waals surface area (Å²) in [6.07, 6.45) is 3.15. The maximum atomic E-state index is 13.4. The van der Waals surface area contributed by atoms with Gasteiger partial charge in [0.2, 0.25) is 0 Å². The molecule has 1 radical (unpaired) electrons. The molecule has 0 saturated carbocycles. The molecule has 2 aromatic heterocycles. The molecule has 0 unspecified atom stereocenters. The van der Waals surface area contributed by atoms with Crippen LogP contribution in [0.4, 0.5) is 4.39 Å². The number of halogens is 1. The monoisotopic (exact) mass is 612 g/mol. The Morgan fingerprint density at radius 3 is 2.09 bits per heavy atom. The molecular formula is C29H21FIrN2-2. The van der Waals surface area contributed by atoms with Crippen molar-refractivity contribution < 1.29 is 28.6 Å². The van der Waals surface area contributed by atoms with Crippen molar-refractivity contribution in [3.8, 4) is 33.6 Å². The second-order valence-corrected chi connectivity index (χ2v) is 6.90. The van der Waals surface area contributed by atoms with E-state index < -0.39 is 12.7 Å². The van der Waals surface area contributed by atoms with Gasteiger partial charge in [0.1, 0.15) is 0 Å².